The van der Waals surface area contributed by atoms with E-state index in [4.69, 9.17) is 23.2 Å². The Morgan fingerprint density at radius 3 is 2.37 bits per heavy atom. The number of carbonyl (C=O) groups excluding carboxylic acids is 2. The number of nitrogens with zero attached hydrogens (tertiary/aromatic N) is 2. The van der Waals surface area contributed by atoms with Crippen LogP contribution >= 0.6 is 23.2 Å². The molecule has 1 aliphatic carbocycles. The van der Waals surface area contributed by atoms with E-state index in [1.807, 2.05) is 0 Å². The van der Waals surface area contributed by atoms with Gasteiger partial charge in [0.2, 0.25) is 21.8 Å². The maximum absolute atomic E-state index is 13.6. The lowest BCUT2D eigenvalue weighted by Gasteiger charge is -2.32. The molecule has 1 saturated carbocycles. The van der Waals surface area contributed by atoms with Crippen molar-refractivity contribution in [2.24, 2.45) is 0 Å². The summed E-state index contributed by atoms with van der Waals surface area (Å²) in [6, 6.07) is 11.1. The number of hydrogen-bond acceptors (Lipinski definition) is 4. The molecule has 0 aromatic heterocycles. The van der Waals surface area contributed by atoms with Crippen LogP contribution in [0.2, 0.25) is 10.0 Å². The molecule has 2 aromatic carbocycles. The molecule has 0 spiro atoms. The molecular weight excluding hydrogens is 509 g/mol. The summed E-state index contributed by atoms with van der Waals surface area (Å²) < 4.78 is 26.4. The quantitative estimate of drug-likeness (QED) is 0.506. The fourth-order valence-electron chi connectivity index (χ4n) is 4.25. The summed E-state index contributed by atoms with van der Waals surface area (Å²) in [7, 11) is -3.78. The van der Waals surface area contributed by atoms with Gasteiger partial charge >= 0.3 is 0 Å². The van der Waals surface area contributed by atoms with E-state index in [9.17, 15) is 18.0 Å². The Morgan fingerprint density at radius 1 is 1.11 bits per heavy atom. The van der Waals surface area contributed by atoms with Crippen molar-refractivity contribution >= 4 is 50.7 Å². The number of amides is 2. The first-order valence-corrected chi connectivity index (χ1v) is 14.1. The molecule has 1 atom stereocenters. The summed E-state index contributed by atoms with van der Waals surface area (Å²) in [6.45, 7) is 3.00. The molecule has 0 bridgehead atoms. The Balaban J connectivity index is 1.91. The molecule has 0 aliphatic heterocycles. The second-order valence-electron chi connectivity index (χ2n) is 8.98. The average molecular weight is 541 g/mol. The predicted molar refractivity (Wildman–Crippen MR) is 140 cm³/mol. The summed E-state index contributed by atoms with van der Waals surface area (Å²) in [5, 5.41) is 3.84. The standard InChI is InChI=1S/C25H31Cl2N3O4S/c1-17-8-4-7-11-23(17)30(35(3,33)34)16-24(31)29(15-19-12-13-20(26)14-22(19)27)18(2)25(32)28-21-9-5-6-10-21/h4,7-8,11-14,18,21H,5-6,9-10,15-16H2,1-3H3,(H,28,32). The van der Waals surface area contributed by atoms with E-state index in [2.05, 4.69) is 5.32 Å². The average Bonchev–Trinajstić information content (AvgIpc) is 3.29. The van der Waals surface area contributed by atoms with Crippen molar-refractivity contribution in [2.75, 3.05) is 17.1 Å². The van der Waals surface area contributed by atoms with Gasteiger partial charge in [-0.1, -0.05) is 60.3 Å². The second kappa shape index (κ2) is 11.6. The third-order valence-electron chi connectivity index (χ3n) is 6.29. The number of benzene rings is 2. The lowest BCUT2D eigenvalue weighted by atomic mass is 10.1. The highest BCUT2D eigenvalue weighted by atomic mass is 35.5. The van der Waals surface area contributed by atoms with E-state index in [-0.39, 0.29) is 18.5 Å². The van der Waals surface area contributed by atoms with Gasteiger partial charge in [0.05, 0.1) is 11.9 Å². The highest BCUT2D eigenvalue weighted by Gasteiger charge is 2.32. The maximum Gasteiger partial charge on any atom is 0.244 e. The lowest BCUT2D eigenvalue weighted by molar-refractivity contribution is -0.139. The van der Waals surface area contributed by atoms with Crippen molar-refractivity contribution in [3.63, 3.8) is 0 Å². The molecular formula is C25H31Cl2N3O4S. The van der Waals surface area contributed by atoms with Crippen LogP contribution < -0.4 is 9.62 Å². The first-order chi connectivity index (χ1) is 16.5. The monoisotopic (exact) mass is 539 g/mol. The predicted octanol–water partition coefficient (Wildman–Crippen LogP) is 4.54. The normalized spacial score (nSPS) is 15.0. The van der Waals surface area contributed by atoms with Crippen molar-refractivity contribution in [2.45, 2.75) is 58.2 Å². The van der Waals surface area contributed by atoms with Gasteiger partial charge in [0.25, 0.3) is 0 Å². The summed E-state index contributed by atoms with van der Waals surface area (Å²) >= 11 is 12.4. The molecule has 1 unspecified atom stereocenters. The van der Waals surface area contributed by atoms with E-state index in [0.29, 0.717) is 26.9 Å². The summed E-state index contributed by atoms with van der Waals surface area (Å²) in [5.74, 6) is -0.795. The lowest BCUT2D eigenvalue weighted by Crippen LogP contribution is -2.52. The van der Waals surface area contributed by atoms with Crippen LogP contribution in [-0.2, 0) is 26.2 Å². The van der Waals surface area contributed by atoms with Crippen molar-refractivity contribution in [1.29, 1.82) is 0 Å². The van der Waals surface area contributed by atoms with Crippen LogP contribution in [0.3, 0.4) is 0 Å². The summed E-state index contributed by atoms with van der Waals surface area (Å²) in [6.07, 6.45) is 4.99. The smallest absolute Gasteiger partial charge is 0.244 e. The van der Waals surface area contributed by atoms with E-state index < -0.39 is 28.5 Å². The van der Waals surface area contributed by atoms with Gasteiger partial charge in [-0.2, -0.15) is 0 Å². The molecule has 1 aliphatic rings. The molecule has 1 N–H and O–H groups in total. The zero-order chi connectivity index (χ0) is 25.8. The van der Waals surface area contributed by atoms with E-state index >= 15 is 0 Å². The van der Waals surface area contributed by atoms with Gasteiger partial charge in [-0.25, -0.2) is 8.42 Å². The molecule has 2 aromatic rings. The van der Waals surface area contributed by atoms with Gasteiger partial charge in [-0.3, -0.25) is 13.9 Å². The Hall–Kier alpha value is -2.29. The first-order valence-electron chi connectivity index (χ1n) is 11.5. The number of nitrogens with one attached hydrogen (secondary N) is 1. The van der Waals surface area contributed by atoms with Gasteiger partial charge in [0.15, 0.2) is 0 Å². The molecule has 3 rings (SSSR count). The fourth-order valence-corrected chi connectivity index (χ4v) is 5.62. The van der Waals surface area contributed by atoms with Crippen LogP contribution in [0.25, 0.3) is 0 Å². The van der Waals surface area contributed by atoms with Crippen LogP contribution in [-0.4, -0.2) is 50.0 Å². The van der Waals surface area contributed by atoms with Crippen LogP contribution in [0.5, 0.6) is 0 Å². The Labute approximate surface area is 217 Å². The van der Waals surface area contributed by atoms with Crippen molar-refractivity contribution in [3.8, 4) is 0 Å². The van der Waals surface area contributed by atoms with Crippen LogP contribution in [0.4, 0.5) is 5.69 Å². The minimum atomic E-state index is -3.78. The largest absolute Gasteiger partial charge is 0.352 e. The van der Waals surface area contributed by atoms with Crippen LogP contribution in [0.1, 0.15) is 43.7 Å². The van der Waals surface area contributed by atoms with Crippen molar-refractivity contribution < 1.29 is 18.0 Å². The van der Waals surface area contributed by atoms with Gasteiger partial charge < -0.3 is 10.2 Å². The number of halogens is 2. The Bertz CT molecular complexity index is 1180. The SMILES string of the molecule is Cc1ccccc1N(CC(=O)N(Cc1ccc(Cl)cc1Cl)C(C)C(=O)NC1CCCC1)S(C)(=O)=O. The van der Waals surface area contributed by atoms with Gasteiger partial charge in [-0.15, -0.1) is 0 Å². The zero-order valence-electron chi connectivity index (χ0n) is 20.1. The third-order valence-corrected chi connectivity index (χ3v) is 8.00. The maximum atomic E-state index is 13.6. The number of rotatable bonds is 9. The number of sulfonamides is 1. The van der Waals surface area contributed by atoms with E-state index in [1.54, 1.807) is 56.3 Å². The highest BCUT2D eigenvalue weighted by Crippen LogP contribution is 2.26. The highest BCUT2D eigenvalue weighted by molar-refractivity contribution is 7.92. The number of aryl methyl sites for hydroxylation is 1. The summed E-state index contributed by atoms with van der Waals surface area (Å²) in [5.41, 5.74) is 1.73. The number of carbonyl (C=O) groups is 2. The zero-order valence-corrected chi connectivity index (χ0v) is 22.5. The number of anilines is 1. The van der Waals surface area contributed by atoms with Crippen LogP contribution in [0.15, 0.2) is 42.5 Å². The molecule has 10 heteroatoms. The first kappa shape index (κ1) is 27.3. The Morgan fingerprint density at radius 2 is 1.77 bits per heavy atom. The molecule has 7 nitrogen and oxygen atoms in total. The molecule has 1 fully saturated rings. The molecule has 190 valence electrons. The molecule has 0 saturated heterocycles. The van der Waals surface area contributed by atoms with Gasteiger partial charge in [-0.05, 0) is 56.0 Å². The van der Waals surface area contributed by atoms with Gasteiger partial charge in [0, 0.05) is 22.6 Å². The van der Waals surface area contributed by atoms with Crippen molar-refractivity contribution in [3.05, 3.63) is 63.6 Å². The minimum Gasteiger partial charge on any atom is -0.352 e. The van der Waals surface area contributed by atoms with E-state index in [0.717, 1.165) is 36.2 Å². The third kappa shape index (κ3) is 7.12. The molecule has 0 radical (unpaired) electrons. The van der Waals surface area contributed by atoms with Crippen LogP contribution in [0, 0.1) is 6.92 Å². The number of hydrogen-bond donors (Lipinski definition) is 1. The van der Waals surface area contributed by atoms with E-state index in [1.165, 1.54) is 4.90 Å². The molecule has 35 heavy (non-hydrogen) atoms. The fraction of sp³-hybridized carbons (Fsp3) is 0.440. The Kier molecular flexibility index (Phi) is 9.07. The van der Waals surface area contributed by atoms with Crippen molar-refractivity contribution in [1.82, 2.24) is 10.2 Å². The summed E-state index contributed by atoms with van der Waals surface area (Å²) in [4.78, 5) is 28.1. The topological polar surface area (TPSA) is 86.8 Å². The minimum absolute atomic E-state index is 0.0272. The second-order valence-corrected chi connectivity index (χ2v) is 11.7. The van der Waals surface area contributed by atoms with Gasteiger partial charge in [0.1, 0.15) is 12.6 Å². The molecule has 2 amide bonds. The molecule has 0 heterocycles. The number of para-hydroxylation sites is 1.